The molecule has 100 valence electrons. The second-order valence-corrected chi connectivity index (χ2v) is 10.3. The first-order chi connectivity index (χ1) is 7.64. The van der Waals surface area contributed by atoms with Crippen LogP contribution in [0.1, 0.15) is 41.5 Å². The third-order valence-electron chi connectivity index (χ3n) is 3.03. The van der Waals surface area contributed by atoms with Crippen molar-refractivity contribution in [3.8, 4) is 0 Å². The lowest BCUT2D eigenvalue weighted by molar-refractivity contribution is 0.316. The number of hydrogen-bond donors (Lipinski definition) is 0. The maximum Gasteiger partial charge on any atom is 0.252 e. The first-order valence-corrected chi connectivity index (χ1v) is 9.08. The summed E-state index contributed by atoms with van der Waals surface area (Å²) in [5, 5.41) is 0.177. The Labute approximate surface area is 107 Å². The van der Waals surface area contributed by atoms with E-state index < -0.39 is 8.32 Å². The van der Waals surface area contributed by atoms with Crippen LogP contribution in [0.2, 0.25) is 18.1 Å². The lowest BCUT2D eigenvalue weighted by Crippen LogP contribution is -2.40. The third-order valence-corrected chi connectivity index (χ3v) is 7.37. The molecule has 0 spiro atoms. The average Bonchev–Trinajstić information content (AvgIpc) is 2.14. The van der Waals surface area contributed by atoms with E-state index in [2.05, 4.69) is 38.9 Å². The van der Waals surface area contributed by atoms with E-state index >= 15 is 0 Å². The van der Waals surface area contributed by atoms with Gasteiger partial charge in [-0.2, -0.15) is 4.99 Å². The molecule has 0 radical (unpaired) electrons. The number of ether oxygens (including phenoxy) is 1. The Morgan fingerprint density at radius 3 is 2.18 bits per heavy atom. The maximum atomic E-state index is 6.10. The van der Waals surface area contributed by atoms with E-state index in [0.29, 0.717) is 18.4 Å². The highest BCUT2D eigenvalue weighted by Gasteiger charge is 2.39. The molecule has 0 aromatic rings. The van der Waals surface area contributed by atoms with Crippen LogP contribution in [0.25, 0.3) is 0 Å². The van der Waals surface area contributed by atoms with Crippen molar-refractivity contribution in [2.45, 2.75) is 59.7 Å². The average molecular weight is 257 g/mol. The number of rotatable bonds is 4. The van der Waals surface area contributed by atoms with Crippen molar-refractivity contribution in [2.24, 2.45) is 4.99 Å². The summed E-state index contributed by atoms with van der Waals surface area (Å²) >= 11 is 0. The molecule has 0 saturated carbocycles. The Balaban J connectivity index is 4.81. The molecule has 0 amide bonds. The van der Waals surface area contributed by atoms with Gasteiger partial charge in [-0.25, -0.2) is 0 Å². The molecule has 0 fully saturated rings. The predicted molar refractivity (Wildman–Crippen MR) is 76.8 cm³/mol. The standard InChI is InChI=1S/C13H27NO2Si/c1-9-12(14-11(3)15-10-2)16-17(7,8)13(4,5)6/h9H,10H2,1-8H3/b12-9-,14-11+. The molecule has 0 heterocycles. The normalized spacial score (nSPS) is 14.8. The lowest BCUT2D eigenvalue weighted by Gasteiger charge is -2.36. The van der Waals surface area contributed by atoms with Gasteiger partial charge in [0.15, 0.2) is 11.8 Å². The molecule has 0 aromatic heterocycles. The van der Waals surface area contributed by atoms with E-state index in [1.807, 2.05) is 26.8 Å². The van der Waals surface area contributed by atoms with E-state index in [0.717, 1.165) is 0 Å². The van der Waals surface area contributed by atoms with Gasteiger partial charge in [0.05, 0.1) is 6.61 Å². The van der Waals surface area contributed by atoms with Crippen LogP contribution in [0, 0.1) is 0 Å². The van der Waals surface area contributed by atoms with E-state index in [-0.39, 0.29) is 5.04 Å². The van der Waals surface area contributed by atoms with Gasteiger partial charge in [0.2, 0.25) is 0 Å². The van der Waals surface area contributed by atoms with Crippen molar-refractivity contribution >= 4 is 14.2 Å². The number of aliphatic imine (C=N–C) groups is 1. The van der Waals surface area contributed by atoms with Gasteiger partial charge in [0.1, 0.15) is 0 Å². The molecule has 0 unspecified atom stereocenters. The summed E-state index contributed by atoms with van der Waals surface area (Å²) in [6, 6.07) is 0. The highest BCUT2D eigenvalue weighted by atomic mass is 28.4. The zero-order valence-electron chi connectivity index (χ0n) is 12.5. The van der Waals surface area contributed by atoms with Gasteiger partial charge in [0, 0.05) is 6.92 Å². The molecule has 0 rings (SSSR count). The Bertz CT molecular complexity index is 301. The highest BCUT2D eigenvalue weighted by Crippen LogP contribution is 2.38. The Morgan fingerprint density at radius 1 is 1.29 bits per heavy atom. The molecule has 0 aliphatic rings. The monoisotopic (exact) mass is 257 g/mol. The van der Waals surface area contributed by atoms with Crippen LogP contribution in [0.3, 0.4) is 0 Å². The van der Waals surface area contributed by atoms with Crippen LogP contribution in [0.4, 0.5) is 0 Å². The van der Waals surface area contributed by atoms with Gasteiger partial charge >= 0.3 is 0 Å². The minimum Gasteiger partial charge on any atom is -0.531 e. The van der Waals surface area contributed by atoms with Gasteiger partial charge in [-0.3, -0.25) is 0 Å². The highest BCUT2D eigenvalue weighted by molar-refractivity contribution is 6.74. The second kappa shape index (κ2) is 6.24. The lowest BCUT2D eigenvalue weighted by atomic mass is 10.2. The molecule has 0 aliphatic carbocycles. The number of hydrogen-bond acceptors (Lipinski definition) is 3. The molecule has 0 atom stereocenters. The molecule has 4 heteroatoms. The summed E-state index contributed by atoms with van der Waals surface area (Å²) in [6.07, 6.45) is 1.89. The van der Waals surface area contributed by atoms with Gasteiger partial charge in [-0.1, -0.05) is 20.8 Å². The Morgan fingerprint density at radius 2 is 1.82 bits per heavy atom. The van der Waals surface area contributed by atoms with E-state index in [1.165, 1.54) is 0 Å². The van der Waals surface area contributed by atoms with Gasteiger partial charge < -0.3 is 9.16 Å². The number of nitrogens with zero attached hydrogens (tertiary/aromatic N) is 1. The maximum absolute atomic E-state index is 6.10. The summed E-state index contributed by atoms with van der Waals surface area (Å²) < 4.78 is 11.4. The van der Waals surface area contributed by atoms with Crippen molar-refractivity contribution in [1.82, 2.24) is 0 Å². The minimum absolute atomic E-state index is 0.177. The van der Waals surface area contributed by atoms with Gasteiger partial charge in [-0.05, 0) is 38.1 Å². The molecule has 0 saturated heterocycles. The molecule has 0 aliphatic heterocycles. The first-order valence-electron chi connectivity index (χ1n) is 6.17. The van der Waals surface area contributed by atoms with Crippen molar-refractivity contribution in [2.75, 3.05) is 6.61 Å². The van der Waals surface area contributed by atoms with E-state index in [9.17, 15) is 0 Å². The van der Waals surface area contributed by atoms with E-state index in [4.69, 9.17) is 9.16 Å². The van der Waals surface area contributed by atoms with Crippen molar-refractivity contribution < 1.29 is 9.16 Å². The molecule has 3 nitrogen and oxygen atoms in total. The second-order valence-electron chi connectivity index (χ2n) is 5.55. The third kappa shape index (κ3) is 5.39. The summed E-state index contributed by atoms with van der Waals surface area (Å²) in [4.78, 5) is 4.35. The van der Waals surface area contributed by atoms with Crippen LogP contribution in [0.15, 0.2) is 17.0 Å². The summed E-state index contributed by atoms with van der Waals surface area (Å²) in [7, 11) is -1.81. The van der Waals surface area contributed by atoms with Gasteiger partial charge in [0.25, 0.3) is 8.32 Å². The van der Waals surface area contributed by atoms with Crippen molar-refractivity contribution in [3.63, 3.8) is 0 Å². The van der Waals surface area contributed by atoms with Crippen LogP contribution in [0.5, 0.6) is 0 Å². The van der Waals surface area contributed by atoms with Crippen LogP contribution in [-0.4, -0.2) is 20.8 Å². The molecule has 0 bridgehead atoms. The quantitative estimate of drug-likeness (QED) is 0.325. The molecule has 0 N–H and O–H groups in total. The fraction of sp³-hybridized carbons (Fsp3) is 0.769. The van der Waals surface area contributed by atoms with Crippen molar-refractivity contribution in [1.29, 1.82) is 0 Å². The largest absolute Gasteiger partial charge is 0.531 e. The van der Waals surface area contributed by atoms with Crippen LogP contribution < -0.4 is 0 Å². The smallest absolute Gasteiger partial charge is 0.252 e. The summed E-state index contributed by atoms with van der Waals surface area (Å²) in [5.41, 5.74) is 0. The zero-order valence-corrected chi connectivity index (χ0v) is 13.5. The van der Waals surface area contributed by atoms with Crippen LogP contribution in [-0.2, 0) is 9.16 Å². The van der Waals surface area contributed by atoms with Crippen LogP contribution >= 0.6 is 0 Å². The zero-order chi connectivity index (χ0) is 13.7. The Kier molecular flexibility index (Phi) is 5.95. The Hall–Kier alpha value is -0.773. The molecule has 17 heavy (non-hydrogen) atoms. The summed E-state index contributed by atoms with van der Waals surface area (Å²) in [6.45, 7) is 17.4. The number of allylic oxidation sites excluding steroid dienone is 1. The molecular weight excluding hydrogens is 230 g/mol. The summed E-state index contributed by atoms with van der Waals surface area (Å²) in [5.74, 6) is 1.32. The fourth-order valence-corrected chi connectivity index (χ4v) is 1.95. The SMILES string of the molecule is C/C=C(/N=C(\C)OCC)O[Si](C)(C)C(C)(C)C. The van der Waals surface area contributed by atoms with Crippen molar-refractivity contribution in [3.05, 3.63) is 12.0 Å². The molecule has 0 aromatic carbocycles. The minimum atomic E-state index is -1.81. The van der Waals surface area contributed by atoms with E-state index in [1.54, 1.807) is 0 Å². The predicted octanol–water partition coefficient (Wildman–Crippen LogP) is 4.32. The van der Waals surface area contributed by atoms with Gasteiger partial charge in [-0.15, -0.1) is 0 Å². The first kappa shape index (κ1) is 16.2. The fourth-order valence-electron chi connectivity index (χ4n) is 0.957. The molecular formula is C13H27NO2Si. The topological polar surface area (TPSA) is 30.8 Å².